The molecule has 112 valence electrons. The van der Waals surface area contributed by atoms with Crippen molar-refractivity contribution in [2.45, 2.75) is 45.7 Å². The van der Waals surface area contributed by atoms with E-state index >= 15 is 0 Å². The minimum atomic E-state index is 0.451. The molecule has 0 aliphatic heterocycles. The Kier molecular flexibility index (Phi) is 4.87. The summed E-state index contributed by atoms with van der Waals surface area (Å²) in [4.78, 5) is 2.31. The third-order valence-electron chi connectivity index (χ3n) is 4.72. The van der Waals surface area contributed by atoms with Gasteiger partial charge in [0.2, 0.25) is 0 Å². The first kappa shape index (κ1) is 15.5. The van der Waals surface area contributed by atoms with Crippen molar-refractivity contribution in [2.75, 3.05) is 20.6 Å². The molecule has 1 aromatic carbocycles. The zero-order chi connectivity index (χ0) is 14.8. The molecule has 1 fully saturated rings. The highest BCUT2D eigenvalue weighted by atomic mass is 15.1. The van der Waals surface area contributed by atoms with Crippen molar-refractivity contribution >= 4 is 0 Å². The lowest BCUT2D eigenvalue weighted by molar-refractivity contribution is 0.269. The van der Waals surface area contributed by atoms with E-state index in [2.05, 4.69) is 75.4 Å². The van der Waals surface area contributed by atoms with Crippen molar-refractivity contribution in [1.29, 1.82) is 0 Å². The van der Waals surface area contributed by atoms with Crippen LogP contribution in [-0.4, -0.2) is 31.6 Å². The van der Waals surface area contributed by atoms with E-state index in [9.17, 15) is 0 Å². The summed E-state index contributed by atoms with van der Waals surface area (Å²) in [6.45, 7) is 8.21. The van der Waals surface area contributed by atoms with Crippen LogP contribution >= 0.6 is 0 Å². The van der Waals surface area contributed by atoms with Gasteiger partial charge in [-0.1, -0.05) is 51.1 Å². The minimum absolute atomic E-state index is 0.451. The summed E-state index contributed by atoms with van der Waals surface area (Å²) in [6.07, 6.45) is 2.63. The summed E-state index contributed by atoms with van der Waals surface area (Å²) >= 11 is 0. The molecule has 20 heavy (non-hydrogen) atoms. The molecule has 1 N–H and O–H groups in total. The number of benzene rings is 1. The molecule has 1 aliphatic rings. The standard InChI is InChI=1S/C18H30N2/c1-14-11-18(2,3)12-16(14)19-13-17(20(4)5)15-9-7-6-8-10-15/h6-10,14,16-17,19H,11-13H2,1-5H3. The predicted octanol–water partition coefficient (Wildman–Crippen LogP) is 3.70. The molecular formula is C18H30N2. The minimum Gasteiger partial charge on any atom is -0.312 e. The van der Waals surface area contributed by atoms with Gasteiger partial charge in [-0.25, -0.2) is 0 Å². The lowest BCUT2D eigenvalue weighted by atomic mass is 9.91. The molecule has 0 amide bonds. The Morgan fingerprint density at radius 1 is 1.20 bits per heavy atom. The molecule has 1 aromatic rings. The van der Waals surface area contributed by atoms with Crippen LogP contribution in [0.25, 0.3) is 0 Å². The van der Waals surface area contributed by atoms with Gasteiger partial charge in [-0.2, -0.15) is 0 Å². The van der Waals surface area contributed by atoms with Gasteiger partial charge in [0, 0.05) is 18.6 Å². The van der Waals surface area contributed by atoms with Gasteiger partial charge in [0.15, 0.2) is 0 Å². The van der Waals surface area contributed by atoms with Crippen molar-refractivity contribution in [3.05, 3.63) is 35.9 Å². The Morgan fingerprint density at radius 2 is 1.85 bits per heavy atom. The Morgan fingerprint density at radius 3 is 2.35 bits per heavy atom. The summed E-state index contributed by atoms with van der Waals surface area (Å²) in [5.74, 6) is 0.781. The highest BCUT2D eigenvalue weighted by Crippen LogP contribution is 2.40. The van der Waals surface area contributed by atoms with Gasteiger partial charge in [0.25, 0.3) is 0 Å². The van der Waals surface area contributed by atoms with Gasteiger partial charge in [-0.05, 0) is 43.8 Å². The van der Waals surface area contributed by atoms with Crippen LogP contribution < -0.4 is 5.32 Å². The van der Waals surface area contributed by atoms with Crippen LogP contribution in [0.15, 0.2) is 30.3 Å². The molecular weight excluding hydrogens is 244 g/mol. The summed E-state index contributed by atoms with van der Waals surface area (Å²) in [7, 11) is 4.34. The van der Waals surface area contributed by atoms with E-state index < -0.39 is 0 Å². The maximum absolute atomic E-state index is 3.83. The fraction of sp³-hybridized carbons (Fsp3) is 0.667. The lowest BCUT2D eigenvalue weighted by Crippen LogP contribution is -2.38. The number of rotatable bonds is 5. The second kappa shape index (κ2) is 6.28. The summed E-state index contributed by atoms with van der Waals surface area (Å²) < 4.78 is 0. The van der Waals surface area contributed by atoms with Crippen molar-refractivity contribution in [3.63, 3.8) is 0 Å². The van der Waals surface area contributed by atoms with Crippen molar-refractivity contribution in [3.8, 4) is 0 Å². The van der Waals surface area contributed by atoms with Gasteiger partial charge in [-0.15, -0.1) is 0 Å². The summed E-state index contributed by atoms with van der Waals surface area (Å²) in [5.41, 5.74) is 1.90. The van der Waals surface area contributed by atoms with Crippen LogP contribution in [0.5, 0.6) is 0 Å². The fourth-order valence-electron chi connectivity index (χ4n) is 3.70. The maximum atomic E-state index is 3.83. The SMILES string of the molecule is CC1CC(C)(C)CC1NCC(c1ccccc1)N(C)C. The number of nitrogens with one attached hydrogen (secondary N) is 1. The molecule has 0 saturated heterocycles. The number of nitrogens with zero attached hydrogens (tertiary/aromatic N) is 1. The van der Waals surface area contributed by atoms with Gasteiger partial charge >= 0.3 is 0 Å². The molecule has 0 heterocycles. The van der Waals surface area contributed by atoms with E-state index in [0.29, 0.717) is 17.5 Å². The largest absolute Gasteiger partial charge is 0.312 e. The smallest absolute Gasteiger partial charge is 0.0466 e. The Balaban J connectivity index is 1.97. The molecule has 2 nitrogen and oxygen atoms in total. The predicted molar refractivity (Wildman–Crippen MR) is 86.8 cm³/mol. The molecule has 1 aliphatic carbocycles. The van der Waals surface area contributed by atoms with E-state index in [0.717, 1.165) is 12.5 Å². The van der Waals surface area contributed by atoms with E-state index in [-0.39, 0.29) is 0 Å². The first-order valence-corrected chi connectivity index (χ1v) is 7.84. The number of likely N-dealkylation sites (N-methyl/N-ethyl adjacent to an activating group) is 1. The van der Waals surface area contributed by atoms with Crippen LogP contribution in [0.1, 0.15) is 45.2 Å². The quantitative estimate of drug-likeness (QED) is 0.880. The topological polar surface area (TPSA) is 15.3 Å². The van der Waals surface area contributed by atoms with Crippen molar-refractivity contribution in [2.24, 2.45) is 11.3 Å². The lowest BCUT2D eigenvalue weighted by Gasteiger charge is -2.28. The van der Waals surface area contributed by atoms with Crippen molar-refractivity contribution in [1.82, 2.24) is 10.2 Å². The molecule has 3 unspecified atom stereocenters. The summed E-state index contributed by atoms with van der Waals surface area (Å²) in [6, 6.07) is 11.9. The molecule has 0 radical (unpaired) electrons. The number of hydrogen-bond donors (Lipinski definition) is 1. The normalized spacial score (nSPS) is 26.9. The monoisotopic (exact) mass is 274 g/mol. The van der Waals surface area contributed by atoms with Crippen LogP contribution in [0.2, 0.25) is 0 Å². The molecule has 0 aromatic heterocycles. The van der Waals surface area contributed by atoms with Crippen molar-refractivity contribution < 1.29 is 0 Å². The highest BCUT2D eigenvalue weighted by Gasteiger charge is 2.36. The molecule has 0 bridgehead atoms. The zero-order valence-corrected chi connectivity index (χ0v) is 13.7. The van der Waals surface area contributed by atoms with Gasteiger partial charge < -0.3 is 10.2 Å². The Bertz CT molecular complexity index is 411. The van der Waals surface area contributed by atoms with Crippen LogP contribution in [-0.2, 0) is 0 Å². The second-order valence-corrected chi connectivity index (χ2v) is 7.45. The molecule has 2 rings (SSSR count). The number of hydrogen-bond acceptors (Lipinski definition) is 2. The van der Waals surface area contributed by atoms with E-state index in [1.807, 2.05) is 0 Å². The van der Waals surface area contributed by atoms with Gasteiger partial charge in [-0.3, -0.25) is 0 Å². The molecule has 1 saturated carbocycles. The first-order valence-electron chi connectivity index (χ1n) is 7.84. The van der Waals surface area contributed by atoms with E-state index in [1.54, 1.807) is 0 Å². The molecule has 0 spiro atoms. The van der Waals surface area contributed by atoms with E-state index in [4.69, 9.17) is 0 Å². The molecule has 2 heteroatoms. The fourth-order valence-corrected chi connectivity index (χ4v) is 3.70. The highest BCUT2D eigenvalue weighted by molar-refractivity contribution is 5.19. The van der Waals surface area contributed by atoms with E-state index in [1.165, 1.54) is 18.4 Å². The Labute approximate surface area is 124 Å². The van der Waals surface area contributed by atoms with Crippen LogP contribution in [0.4, 0.5) is 0 Å². The maximum Gasteiger partial charge on any atom is 0.0466 e. The summed E-state index contributed by atoms with van der Waals surface area (Å²) in [5, 5.41) is 3.83. The Hall–Kier alpha value is -0.860. The zero-order valence-electron chi connectivity index (χ0n) is 13.7. The van der Waals surface area contributed by atoms with Crippen LogP contribution in [0, 0.1) is 11.3 Å². The average Bonchev–Trinajstić information content (AvgIpc) is 2.63. The van der Waals surface area contributed by atoms with Gasteiger partial charge in [0.05, 0.1) is 0 Å². The second-order valence-electron chi connectivity index (χ2n) is 7.45. The average molecular weight is 274 g/mol. The first-order chi connectivity index (χ1) is 9.39. The van der Waals surface area contributed by atoms with Crippen LogP contribution in [0.3, 0.4) is 0 Å². The van der Waals surface area contributed by atoms with Gasteiger partial charge in [0.1, 0.15) is 0 Å². The third kappa shape index (κ3) is 3.83. The third-order valence-corrected chi connectivity index (χ3v) is 4.72. The molecule has 3 atom stereocenters.